The maximum atomic E-state index is 5.72. The third-order valence-electron chi connectivity index (χ3n) is 2.09. The Labute approximate surface area is 76.7 Å². The number of unbranched alkanes of at least 4 members (excludes halogenated alkanes) is 2. The Balaban J connectivity index is 3.40. The molecule has 0 aromatic carbocycles. The second-order valence-electron chi connectivity index (χ2n) is 4.31. The minimum Gasteiger partial charge on any atom is -0.314 e. The van der Waals surface area contributed by atoms with E-state index in [1.165, 1.54) is 25.7 Å². The second kappa shape index (κ2) is 5.55. The fourth-order valence-corrected chi connectivity index (χ4v) is 1.60. The van der Waals surface area contributed by atoms with Crippen molar-refractivity contribution in [2.24, 2.45) is 17.4 Å². The third-order valence-corrected chi connectivity index (χ3v) is 2.09. The van der Waals surface area contributed by atoms with Crippen LogP contribution in [-0.2, 0) is 0 Å². The van der Waals surface area contributed by atoms with Gasteiger partial charge >= 0.3 is 0 Å². The molecule has 2 nitrogen and oxygen atoms in total. The van der Waals surface area contributed by atoms with Crippen LogP contribution in [0.5, 0.6) is 0 Å². The minimum atomic E-state index is -0.481. The van der Waals surface area contributed by atoms with Crippen LogP contribution in [0, 0.1) is 5.92 Å². The van der Waals surface area contributed by atoms with Gasteiger partial charge in [0.1, 0.15) is 0 Å². The largest absolute Gasteiger partial charge is 0.314 e. The van der Waals surface area contributed by atoms with Gasteiger partial charge in [0.15, 0.2) is 0 Å². The van der Waals surface area contributed by atoms with Gasteiger partial charge in [0.2, 0.25) is 0 Å². The first kappa shape index (κ1) is 11.9. The Morgan fingerprint density at radius 1 is 1.25 bits per heavy atom. The van der Waals surface area contributed by atoms with Gasteiger partial charge in [-0.3, -0.25) is 0 Å². The molecule has 74 valence electrons. The molecular weight excluding hydrogens is 148 g/mol. The normalized spacial score (nSPS) is 14.8. The zero-order chi connectivity index (χ0) is 9.61. The van der Waals surface area contributed by atoms with Crippen LogP contribution in [0.2, 0.25) is 0 Å². The lowest BCUT2D eigenvalue weighted by atomic mass is 9.94. The Bertz CT molecular complexity index is 105. The molecule has 0 aliphatic heterocycles. The molecule has 1 unspecified atom stereocenters. The molecule has 0 radical (unpaired) electrons. The van der Waals surface area contributed by atoms with Gasteiger partial charge in [0.05, 0.1) is 5.66 Å². The summed E-state index contributed by atoms with van der Waals surface area (Å²) in [7, 11) is 0. The Hall–Kier alpha value is -0.0800. The quantitative estimate of drug-likeness (QED) is 0.477. The molecule has 0 bridgehead atoms. The predicted molar refractivity (Wildman–Crippen MR) is 54.7 cm³/mol. The highest BCUT2D eigenvalue weighted by Gasteiger charge is 2.15. The van der Waals surface area contributed by atoms with Crippen molar-refractivity contribution < 1.29 is 0 Å². The van der Waals surface area contributed by atoms with E-state index in [-0.39, 0.29) is 0 Å². The summed E-state index contributed by atoms with van der Waals surface area (Å²) in [5.74, 6) is 0.663. The molecule has 0 aliphatic carbocycles. The van der Waals surface area contributed by atoms with Gasteiger partial charge in [-0.1, -0.05) is 39.5 Å². The van der Waals surface area contributed by atoms with E-state index < -0.39 is 5.66 Å². The zero-order valence-electron chi connectivity index (χ0n) is 8.77. The van der Waals surface area contributed by atoms with Gasteiger partial charge in [-0.2, -0.15) is 0 Å². The fraction of sp³-hybridized carbons (Fsp3) is 1.00. The first-order valence-corrected chi connectivity index (χ1v) is 5.03. The summed E-state index contributed by atoms with van der Waals surface area (Å²) >= 11 is 0. The predicted octanol–water partition coefficient (Wildman–Crippen LogP) is 2.23. The second-order valence-corrected chi connectivity index (χ2v) is 4.31. The number of nitrogens with two attached hydrogens (primary N) is 2. The number of rotatable bonds is 6. The van der Waals surface area contributed by atoms with Crippen molar-refractivity contribution in [1.82, 2.24) is 0 Å². The Morgan fingerprint density at radius 3 is 2.25 bits per heavy atom. The third kappa shape index (κ3) is 8.02. The molecule has 0 heterocycles. The van der Waals surface area contributed by atoms with Crippen molar-refractivity contribution >= 4 is 0 Å². The molecule has 0 spiro atoms. The molecule has 12 heavy (non-hydrogen) atoms. The van der Waals surface area contributed by atoms with Crippen LogP contribution in [0.3, 0.4) is 0 Å². The topological polar surface area (TPSA) is 52.0 Å². The average Bonchev–Trinajstić information content (AvgIpc) is 1.84. The van der Waals surface area contributed by atoms with Gasteiger partial charge in [0.25, 0.3) is 0 Å². The van der Waals surface area contributed by atoms with Crippen molar-refractivity contribution in [2.45, 2.75) is 58.5 Å². The molecule has 0 rings (SSSR count). The summed E-state index contributed by atoms with van der Waals surface area (Å²) in [6, 6.07) is 0. The van der Waals surface area contributed by atoms with Gasteiger partial charge in [0, 0.05) is 0 Å². The SMILES string of the molecule is CCCCCC(C)CC(C)(N)N. The molecule has 0 aliphatic rings. The molecule has 0 amide bonds. The fourth-order valence-electron chi connectivity index (χ4n) is 1.60. The number of hydrogen-bond donors (Lipinski definition) is 2. The molecule has 1 atom stereocenters. The van der Waals surface area contributed by atoms with Gasteiger partial charge in [-0.15, -0.1) is 0 Å². The summed E-state index contributed by atoms with van der Waals surface area (Å²) in [4.78, 5) is 0. The highest BCUT2D eigenvalue weighted by atomic mass is 14.9. The summed E-state index contributed by atoms with van der Waals surface area (Å²) in [6.45, 7) is 6.34. The van der Waals surface area contributed by atoms with Crippen molar-refractivity contribution in [2.75, 3.05) is 0 Å². The van der Waals surface area contributed by atoms with Crippen LogP contribution in [0.4, 0.5) is 0 Å². The molecule has 0 saturated heterocycles. The van der Waals surface area contributed by atoms with E-state index in [1.807, 2.05) is 6.92 Å². The van der Waals surface area contributed by atoms with E-state index in [4.69, 9.17) is 11.5 Å². The minimum absolute atomic E-state index is 0.481. The summed E-state index contributed by atoms with van der Waals surface area (Å²) in [6.07, 6.45) is 6.12. The van der Waals surface area contributed by atoms with Crippen LogP contribution in [-0.4, -0.2) is 5.66 Å². The van der Waals surface area contributed by atoms with Crippen molar-refractivity contribution in [1.29, 1.82) is 0 Å². The van der Waals surface area contributed by atoms with E-state index in [1.54, 1.807) is 0 Å². The zero-order valence-corrected chi connectivity index (χ0v) is 8.77. The highest BCUT2D eigenvalue weighted by molar-refractivity contribution is 4.72. The van der Waals surface area contributed by atoms with Crippen LogP contribution in [0.15, 0.2) is 0 Å². The highest BCUT2D eigenvalue weighted by Crippen LogP contribution is 2.16. The van der Waals surface area contributed by atoms with Crippen LogP contribution in [0.1, 0.15) is 52.9 Å². The van der Waals surface area contributed by atoms with Crippen LogP contribution in [0.25, 0.3) is 0 Å². The monoisotopic (exact) mass is 172 g/mol. The van der Waals surface area contributed by atoms with Crippen molar-refractivity contribution in [3.05, 3.63) is 0 Å². The maximum Gasteiger partial charge on any atom is 0.0610 e. The van der Waals surface area contributed by atoms with E-state index in [0.717, 1.165) is 6.42 Å². The average molecular weight is 172 g/mol. The molecule has 4 N–H and O–H groups in total. The van der Waals surface area contributed by atoms with Crippen LogP contribution >= 0.6 is 0 Å². The van der Waals surface area contributed by atoms with E-state index in [9.17, 15) is 0 Å². The lowest BCUT2D eigenvalue weighted by Crippen LogP contribution is -2.47. The molecule has 0 aromatic rings. The van der Waals surface area contributed by atoms with Crippen LogP contribution < -0.4 is 11.5 Å². The summed E-state index contributed by atoms with van der Waals surface area (Å²) in [5, 5.41) is 0. The molecular formula is C10H24N2. The lowest BCUT2D eigenvalue weighted by Gasteiger charge is -2.23. The molecule has 0 aromatic heterocycles. The summed E-state index contributed by atoms with van der Waals surface area (Å²) < 4.78 is 0. The smallest absolute Gasteiger partial charge is 0.0610 e. The lowest BCUT2D eigenvalue weighted by molar-refractivity contribution is 0.342. The molecule has 0 saturated carbocycles. The standard InChI is InChI=1S/C10H24N2/c1-4-5-6-7-9(2)8-10(3,11)12/h9H,4-8,11-12H2,1-3H3. The Kier molecular flexibility index (Phi) is 5.51. The van der Waals surface area contributed by atoms with Gasteiger partial charge < -0.3 is 11.5 Å². The van der Waals surface area contributed by atoms with Crippen molar-refractivity contribution in [3.8, 4) is 0 Å². The van der Waals surface area contributed by atoms with E-state index >= 15 is 0 Å². The first-order chi connectivity index (χ1) is 5.45. The van der Waals surface area contributed by atoms with E-state index in [0.29, 0.717) is 5.92 Å². The van der Waals surface area contributed by atoms with Crippen molar-refractivity contribution in [3.63, 3.8) is 0 Å². The molecule has 0 fully saturated rings. The first-order valence-electron chi connectivity index (χ1n) is 5.03. The number of hydrogen-bond acceptors (Lipinski definition) is 2. The van der Waals surface area contributed by atoms with Gasteiger partial charge in [-0.25, -0.2) is 0 Å². The Morgan fingerprint density at radius 2 is 1.83 bits per heavy atom. The van der Waals surface area contributed by atoms with Gasteiger partial charge in [-0.05, 0) is 19.3 Å². The molecule has 2 heteroatoms. The maximum absolute atomic E-state index is 5.72. The van der Waals surface area contributed by atoms with E-state index in [2.05, 4.69) is 13.8 Å². The summed E-state index contributed by atoms with van der Waals surface area (Å²) in [5.41, 5.74) is 11.0.